The van der Waals surface area contributed by atoms with Crippen LogP contribution in [-0.2, 0) is 0 Å². The first kappa shape index (κ1) is 14.9. The molecule has 3 N–H and O–H groups in total. The summed E-state index contributed by atoms with van der Waals surface area (Å²) in [5, 5.41) is 7.66. The lowest BCUT2D eigenvalue weighted by atomic mass is 10.2. The standard InChI is InChI=1S/C14H12BrFN2OS/c1-20-12-4-2-3-11(13(12)14(17)18)19-10-6-5-8(15)7-9(10)16/h2-7H,1H3,(H3,17,18). The van der Waals surface area contributed by atoms with Gasteiger partial charge in [0, 0.05) is 9.37 Å². The number of nitrogens with two attached hydrogens (primary N) is 1. The lowest BCUT2D eigenvalue weighted by Crippen LogP contribution is -2.13. The molecule has 0 atom stereocenters. The third kappa shape index (κ3) is 3.13. The Bertz CT molecular complexity index is 664. The van der Waals surface area contributed by atoms with Crippen LogP contribution in [0.3, 0.4) is 0 Å². The van der Waals surface area contributed by atoms with Crippen LogP contribution in [0.4, 0.5) is 4.39 Å². The van der Waals surface area contributed by atoms with Gasteiger partial charge < -0.3 is 10.5 Å². The summed E-state index contributed by atoms with van der Waals surface area (Å²) < 4.78 is 20.0. The van der Waals surface area contributed by atoms with Gasteiger partial charge in [-0.3, -0.25) is 5.41 Å². The lowest BCUT2D eigenvalue weighted by Gasteiger charge is -2.13. The largest absolute Gasteiger partial charge is 0.453 e. The maximum atomic E-state index is 13.8. The first-order valence-corrected chi connectivity index (χ1v) is 7.69. The van der Waals surface area contributed by atoms with E-state index in [9.17, 15) is 4.39 Å². The van der Waals surface area contributed by atoms with Crippen LogP contribution in [-0.4, -0.2) is 12.1 Å². The molecular weight excluding hydrogens is 343 g/mol. The minimum absolute atomic E-state index is 0.0916. The highest BCUT2D eigenvalue weighted by Crippen LogP contribution is 2.33. The van der Waals surface area contributed by atoms with Crippen LogP contribution in [0.25, 0.3) is 0 Å². The Morgan fingerprint density at radius 3 is 2.65 bits per heavy atom. The van der Waals surface area contributed by atoms with E-state index in [0.29, 0.717) is 15.8 Å². The zero-order chi connectivity index (χ0) is 14.7. The number of nitrogens with one attached hydrogen (secondary N) is 1. The first-order valence-electron chi connectivity index (χ1n) is 5.67. The second-order valence-electron chi connectivity index (χ2n) is 3.92. The van der Waals surface area contributed by atoms with Crippen molar-refractivity contribution in [3.05, 3.63) is 52.3 Å². The fourth-order valence-electron chi connectivity index (χ4n) is 1.71. The summed E-state index contributed by atoms with van der Waals surface area (Å²) in [5.41, 5.74) is 6.07. The van der Waals surface area contributed by atoms with E-state index in [4.69, 9.17) is 15.9 Å². The Kier molecular flexibility index (Phi) is 4.67. The van der Waals surface area contributed by atoms with Gasteiger partial charge in [-0.05, 0) is 36.6 Å². The molecule has 0 saturated carbocycles. The third-order valence-electron chi connectivity index (χ3n) is 2.59. The molecule has 0 heterocycles. The maximum Gasteiger partial charge on any atom is 0.166 e. The number of hydrogen-bond acceptors (Lipinski definition) is 3. The van der Waals surface area contributed by atoms with Crippen molar-refractivity contribution in [1.29, 1.82) is 5.41 Å². The molecule has 0 saturated heterocycles. The summed E-state index contributed by atoms with van der Waals surface area (Å²) >= 11 is 4.64. The fourth-order valence-corrected chi connectivity index (χ4v) is 2.67. The highest BCUT2D eigenvalue weighted by Gasteiger charge is 2.14. The third-order valence-corrected chi connectivity index (χ3v) is 3.86. The Hall–Kier alpha value is -1.53. The van der Waals surface area contributed by atoms with Gasteiger partial charge in [0.1, 0.15) is 11.6 Å². The summed E-state index contributed by atoms with van der Waals surface area (Å²) in [4.78, 5) is 0.813. The number of rotatable bonds is 4. The average molecular weight is 355 g/mol. The molecule has 0 aliphatic rings. The number of hydrogen-bond donors (Lipinski definition) is 2. The summed E-state index contributed by atoms with van der Waals surface area (Å²) in [6.07, 6.45) is 1.88. The number of thioether (sulfide) groups is 1. The molecule has 104 valence electrons. The minimum Gasteiger partial charge on any atom is -0.453 e. The Morgan fingerprint density at radius 2 is 2.05 bits per heavy atom. The van der Waals surface area contributed by atoms with Crippen LogP contribution in [0.2, 0.25) is 0 Å². The number of amidine groups is 1. The Balaban J connectivity index is 2.45. The summed E-state index contributed by atoms with van der Waals surface area (Å²) in [6, 6.07) is 9.81. The molecular formula is C14H12BrFN2OS. The smallest absolute Gasteiger partial charge is 0.166 e. The SMILES string of the molecule is CSc1cccc(Oc2ccc(Br)cc2F)c1C(=N)N. The molecule has 0 amide bonds. The number of halogens is 2. The van der Waals surface area contributed by atoms with Crippen molar-refractivity contribution < 1.29 is 9.13 Å². The van der Waals surface area contributed by atoms with E-state index in [1.54, 1.807) is 18.2 Å². The maximum absolute atomic E-state index is 13.8. The summed E-state index contributed by atoms with van der Waals surface area (Å²) in [6.45, 7) is 0. The zero-order valence-electron chi connectivity index (χ0n) is 10.6. The van der Waals surface area contributed by atoms with E-state index in [2.05, 4.69) is 15.9 Å². The van der Waals surface area contributed by atoms with Gasteiger partial charge in [-0.25, -0.2) is 4.39 Å². The topological polar surface area (TPSA) is 59.1 Å². The molecule has 0 fully saturated rings. The van der Waals surface area contributed by atoms with E-state index >= 15 is 0 Å². The molecule has 0 aromatic heterocycles. The molecule has 2 aromatic rings. The molecule has 0 aliphatic heterocycles. The van der Waals surface area contributed by atoms with Crippen LogP contribution in [0.15, 0.2) is 45.8 Å². The van der Waals surface area contributed by atoms with E-state index in [-0.39, 0.29) is 11.6 Å². The highest BCUT2D eigenvalue weighted by molar-refractivity contribution is 9.10. The van der Waals surface area contributed by atoms with Crippen LogP contribution in [0.1, 0.15) is 5.56 Å². The fraction of sp³-hybridized carbons (Fsp3) is 0.0714. The highest BCUT2D eigenvalue weighted by atomic mass is 79.9. The Morgan fingerprint density at radius 1 is 1.30 bits per heavy atom. The Labute approximate surface area is 129 Å². The van der Waals surface area contributed by atoms with Crippen molar-refractivity contribution in [3.8, 4) is 11.5 Å². The molecule has 0 radical (unpaired) electrons. The molecule has 6 heteroatoms. The summed E-state index contributed by atoms with van der Waals surface area (Å²) in [7, 11) is 0. The van der Waals surface area contributed by atoms with E-state index in [1.165, 1.54) is 23.9 Å². The van der Waals surface area contributed by atoms with Gasteiger partial charge in [-0.2, -0.15) is 0 Å². The average Bonchev–Trinajstić information content (AvgIpc) is 2.41. The van der Waals surface area contributed by atoms with Gasteiger partial charge in [0.25, 0.3) is 0 Å². The van der Waals surface area contributed by atoms with Crippen molar-refractivity contribution in [2.75, 3.05) is 6.26 Å². The lowest BCUT2D eigenvalue weighted by molar-refractivity contribution is 0.440. The van der Waals surface area contributed by atoms with Crippen molar-refractivity contribution in [1.82, 2.24) is 0 Å². The van der Waals surface area contributed by atoms with Crippen molar-refractivity contribution in [3.63, 3.8) is 0 Å². The zero-order valence-corrected chi connectivity index (χ0v) is 13.0. The molecule has 20 heavy (non-hydrogen) atoms. The second-order valence-corrected chi connectivity index (χ2v) is 5.69. The number of benzene rings is 2. The van der Waals surface area contributed by atoms with Crippen LogP contribution >= 0.6 is 27.7 Å². The quantitative estimate of drug-likeness (QED) is 0.486. The molecule has 2 aromatic carbocycles. The van der Waals surface area contributed by atoms with Gasteiger partial charge in [0.2, 0.25) is 0 Å². The molecule has 3 nitrogen and oxygen atoms in total. The van der Waals surface area contributed by atoms with Gasteiger partial charge >= 0.3 is 0 Å². The minimum atomic E-state index is -0.483. The van der Waals surface area contributed by atoms with E-state index in [0.717, 1.165) is 4.90 Å². The van der Waals surface area contributed by atoms with Crippen molar-refractivity contribution in [2.45, 2.75) is 4.90 Å². The normalized spacial score (nSPS) is 10.3. The van der Waals surface area contributed by atoms with Gasteiger partial charge in [0.05, 0.1) is 5.56 Å². The predicted octanol–water partition coefficient (Wildman–Crippen LogP) is 4.39. The van der Waals surface area contributed by atoms with Crippen molar-refractivity contribution >= 4 is 33.5 Å². The predicted molar refractivity (Wildman–Crippen MR) is 83.4 cm³/mol. The molecule has 0 aliphatic carbocycles. The molecule has 0 unspecified atom stereocenters. The number of nitrogen functional groups attached to an aromatic ring is 1. The second kappa shape index (κ2) is 6.28. The number of ether oxygens (including phenoxy) is 1. The molecule has 2 rings (SSSR count). The monoisotopic (exact) mass is 354 g/mol. The molecule has 0 spiro atoms. The van der Waals surface area contributed by atoms with Gasteiger partial charge in [-0.15, -0.1) is 11.8 Å². The molecule has 0 bridgehead atoms. The van der Waals surface area contributed by atoms with Gasteiger partial charge in [-0.1, -0.05) is 22.0 Å². The van der Waals surface area contributed by atoms with Crippen LogP contribution < -0.4 is 10.5 Å². The first-order chi connectivity index (χ1) is 9.52. The van der Waals surface area contributed by atoms with Crippen molar-refractivity contribution in [2.24, 2.45) is 5.73 Å². The van der Waals surface area contributed by atoms with Crippen LogP contribution in [0.5, 0.6) is 11.5 Å². The van der Waals surface area contributed by atoms with Gasteiger partial charge in [0.15, 0.2) is 11.6 Å². The summed E-state index contributed by atoms with van der Waals surface area (Å²) in [5.74, 6) is -0.134. The van der Waals surface area contributed by atoms with Crippen LogP contribution in [0, 0.1) is 11.2 Å². The van der Waals surface area contributed by atoms with E-state index < -0.39 is 5.82 Å². The van der Waals surface area contributed by atoms with E-state index in [1.807, 2.05) is 12.3 Å².